The number of benzene rings is 1. The van der Waals surface area contributed by atoms with Crippen LogP contribution in [-0.2, 0) is 13.0 Å². The van der Waals surface area contributed by atoms with Gasteiger partial charge in [0.15, 0.2) is 0 Å². The molecular formula is C22H29N3O2S. The molecule has 0 aliphatic rings. The molecule has 0 saturated heterocycles. The van der Waals surface area contributed by atoms with E-state index in [0.29, 0.717) is 11.9 Å². The zero-order valence-corrected chi connectivity index (χ0v) is 18.2. The molecule has 0 aliphatic heterocycles. The van der Waals surface area contributed by atoms with E-state index in [1.807, 2.05) is 29.0 Å². The molecule has 0 unspecified atom stereocenters. The van der Waals surface area contributed by atoms with Gasteiger partial charge in [0.2, 0.25) is 0 Å². The molecule has 0 radical (unpaired) electrons. The van der Waals surface area contributed by atoms with Crippen LogP contribution in [0.1, 0.15) is 32.2 Å². The molecule has 0 saturated carbocycles. The van der Waals surface area contributed by atoms with Gasteiger partial charge in [0, 0.05) is 36.0 Å². The number of ether oxygens (including phenoxy) is 1. The predicted molar refractivity (Wildman–Crippen MR) is 118 cm³/mol. The van der Waals surface area contributed by atoms with Crippen molar-refractivity contribution >= 4 is 21.6 Å². The third-order valence-electron chi connectivity index (χ3n) is 5.27. The molecule has 0 atom stereocenters. The standard InChI is InChI=1S/C22H29N3O2S/c1-6-19-23-21-20(22(26)25(19)12-11-24(7-2)8-3)17(14-28-21)16-13-15(4)9-10-18(16)27-5/h9-10,13-14H,6-8,11-12H2,1-5H3. The molecule has 150 valence electrons. The van der Waals surface area contributed by atoms with Crippen molar-refractivity contribution in [3.63, 3.8) is 0 Å². The lowest BCUT2D eigenvalue weighted by Gasteiger charge is -2.20. The second kappa shape index (κ2) is 8.88. The summed E-state index contributed by atoms with van der Waals surface area (Å²) in [4.78, 5) is 21.5. The third kappa shape index (κ3) is 3.84. The number of hydrogen-bond donors (Lipinski definition) is 0. The number of fused-ring (bicyclic) bond motifs is 1. The number of thiophene rings is 1. The Labute approximate surface area is 170 Å². The van der Waals surface area contributed by atoms with Crippen LogP contribution < -0.4 is 10.3 Å². The van der Waals surface area contributed by atoms with Crippen molar-refractivity contribution in [2.75, 3.05) is 26.7 Å². The maximum Gasteiger partial charge on any atom is 0.262 e. The smallest absolute Gasteiger partial charge is 0.262 e. The van der Waals surface area contributed by atoms with Gasteiger partial charge in [-0.1, -0.05) is 32.4 Å². The minimum Gasteiger partial charge on any atom is -0.496 e. The number of methoxy groups -OCH3 is 1. The van der Waals surface area contributed by atoms with Crippen LogP contribution in [0.2, 0.25) is 0 Å². The summed E-state index contributed by atoms with van der Waals surface area (Å²) in [6.45, 7) is 11.9. The zero-order valence-electron chi connectivity index (χ0n) is 17.4. The summed E-state index contributed by atoms with van der Waals surface area (Å²) in [5.41, 5.74) is 3.05. The first-order valence-corrected chi connectivity index (χ1v) is 10.8. The lowest BCUT2D eigenvalue weighted by atomic mass is 10.0. The van der Waals surface area contributed by atoms with Gasteiger partial charge in [-0.25, -0.2) is 4.98 Å². The first-order chi connectivity index (χ1) is 13.5. The summed E-state index contributed by atoms with van der Waals surface area (Å²) < 4.78 is 7.43. The van der Waals surface area contributed by atoms with E-state index in [0.717, 1.165) is 59.1 Å². The van der Waals surface area contributed by atoms with E-state index in [9.17, 15) is 4.79 Å². The Morgan fingerprint density at radius 3 is 2.57 bits per heavy atom. The monoisotopic (exact) mass is 399 g/mol. The summed E-state index contributed by atoms with van der Waals surface area (Å²) in [6.07, 6.45) is 0.741. The Morgan fingerprint density at radius 2 is 1.93 bits per heavy atom. The Balaban J connectivity index is 2.17. The van der Waals surface area contributed by atoms with Crippen LogP contribution in [0.5, 0.6) is 5.75 Å². The van der Waals surface area contributed by atoms with Crippen LogP contribution in [0.25, 0.3) is 21.3 Å². The fourth-order valence-corrected chi connectivity index (χ4v) is 4.53. The predicted octanol–water partition coefficient (Wildman–Crippen LogP) is 4.35. The van der Waals surface area contributed by atoms with E-state index in [1.54, 1.807) is 7.11 Å². The van der Waals surface area contributed by atoms with Crippen LogP contribution in [0, 0.1) is 6.92 Å². The van der Waals surface area contributed by atoms with E-state index in [1.165, 1.54) is 11.3 Å². The van der Waals surface area contributed by atoms with Gasteiger partial charge in [-0.15, -0.1) is 11.3 Å². The van der Waals surface area contributed by atoms with Crippen LogP contribution in [0.15, 0.2) is 28.4 Å². The fraction of sp³-hybridized carbons (Fsp3) is 0.455. The van der Waals surface area contributed by atoms with Crippen LogP contribution in [0.3, 0.4) is 0 Å². The maximum atomic E-state index is 13.5. The molecule has 3 aromatic rings. The van der Waals surface area contributed by atoms with Gasteiger partial charge in [0.05, 0.1) is 12.5 Å². The molecular weight excluding hydrogens is 370 g/mol. The Hall–Kier alpha value is -2.18. The average Bonchev–Trinajstić information content (AvgIpc) is 3.13. The van der Waals surface area contributed by atoms with Gasteiger partial charge in [-0.05, 0) is 32.1 Å². The van der Waals surface area contributed by atoms with Crippen molar-refractivity contribution in [3.8, 4) is 16.9 Å². The van der Waals surface area contributed by atoms with Crippen LogP contribution in [0.4, 0.5) is 0 Å². The van der Waals surface area contributed by atoms with E-state index < -0.39 is 0 Å². The first kappa shape index (κ1) is 20.6. The van der Waals surface area contributed by atoms with Gasteiger partial charge >= 0.3 is 0 Å². The number of hydrogen-bond acceptors (Lipinski definition) is 5. The van der Waals surface area contributed by atoms with E-state index in [2.05, 4.69) is 31.7 Å². The lowest BCUT2D eigenvalue weighted by molar-refractivity contribution is 0.287. The molecule has 3 rings (SSSR count). The average molecular weight is 400 g/mol. The quantitative estimate of drug-likeness (QED) is 0.565. The molecule has 0 spiro atoms. The van der Waals surface area contributed by atoms with Gasteiger partial charge in [-0.3, -0.25) is 9.36 Å². The molecule has 28 heavy (non-hydrogen) atoms. The highest BCUT2D eigenvalue weighted by Crippen LogP contribution is 2.37. The Morgan fingerprint density at radius 1 is 1.18 bits per heavy atom. The van der Waals surface area contributed by atoms with Crippen molar-refractivity contribution in [3.05, 3.63) is 45.3 Å². The maximum absolute atomic E-state index is 13.5. The molecule has 0 N–H and O–H groups in total. The molecule has 0 fully saturated rings. The number of likely N-dealkylation sites (N-methyl/N-ethyl adjacent to an activating group) is 1. The zero-order chi connectivity index (χ0) is 20.3. The van der Waals surface area contributed by atoms with Crippen LogP contribution >= 0.6 is 11.3 Å². The molecule has 6 heteroatoms. The SMILES string of the molecule is CCc1nc2scc(-c3cc(C)ccc3OC)c2c(=O)n1CCN(CC)CC. The summed E-state index contributed by atoms with van der Waals surface area (Å²) in [7, 11) is 1.67. The lowest BCUT2D eigenvalue weighted by Crippen LogP contribution is -2.33. The molecule has 2 heterocycles. The number of aromatic nitrogens is 2. The highest BCUT2D eigenvalue weighted by atomic mass is 32.1. The van der Waals surface area contributed by atoms with Gasteiger partial charge in [0.25, 0.3) is 5.56 Å². The van der Waals surface area contributed by atoms with Crippen molar-refractivity contribution in [2.45, 2.75) is 40.7 Å². The van der Waals surface area contributed by atoms with E-state index in [4.69, 9.17) is 9.72 Å². The molecule has 5 nitrogen and oxygen atoms in total. The summed E-state index contributed by atoms with van der Waals surface area (Å²) in [6, 6.07) is 6.06. The van der Waals surface area contributed by atoms with E-state index >= 15 is 0 Å². The molecule has 2 aromatic heterocycles. The number of nitrogens with zero attached hydrogens (tertiary/aromatic N) is 3. The summed E-state index contributed by atoms with van der Waals surface area (Å²) in [5, 5.41) is 2.73. The second-order valence-corrected chi connectivity index (χ2v) is 7.76. The highest BCUT2D eigenvalue weighted by molar-refractivity contribution is 7.17. The summed E-state index contributed by atoms with van der Waals surface area (Å²) in [5.74, 6) is 1.63. The topological polar surface area (TPSA) is 47.4 Å². The second-order valence-electron chi connectivity index (χ2n) is 6.90. The Kier molecular flexibility index (Phi) is 6.52. The first-order valence-electron chi connectivity index (χ1n) is 9.92. The number of rotatable bonds is 8. The minimum atomic E-state index is 0.0498. The van der Waals surface area contributed by atoms with E-state index in [-0.39, 0.29) is 5.56 Å². The molecule has 0 aliphatic carbocycles. The van der Waals surface area contributed by atoms with Crippen molar-refractivity contribution < 1.29 is 4.74 Å². The number of aryl methyl sites for hydroxylation is 2. The molecule has 1 aromatic carbocycles. The molecule has 0 bridgehead atoms. The normalized spacial score (nSPS) is 11.5. The Bertz CT molecular complexity index is 1020. The van der Waals surface area contributed by atoms with Crippen molar-refractivity contribution in [1.82, 2.24) is 14.5 Å². The van der Waals surface area contributed by atoms with Crippen LogP contribution in [-0.4, -0.2) is 41.2 Å². The third-order valence-corrected chi connectivity index (χ3v) is 6.14. The minimum absolute atomic E-state index is 0.0498. The van der Waals surface area contributed by atoms with Gasteiger partial charge in [0.1, 0.15) is 16.4 Å². The summed E-state index contributed by atoms with van der Waals surface area (Å²) >= 11 is 1.53. The molecule has 0 amide bonds. The van der Waals surface area contributed by atoms with Crippen molar-refractivity contribution in [2.24, 2.45) is 0 Å². The fourth-order valence-electron chi connectivity index (χ4n) is 3.58. The van der Waals surface area contributed by atoms with Gasteiger partial charge < -0.3 is 9.64 Å². The van der Waals surface area contributed by atoms with Crippen molar-refractivity contribution in [1.29, 1.82) is 0 Å². The van der Waals surface area contributed by atoms with Gasteiger partial charge in [-0.2, -0.15) is 0 Å². The largest absolute Gasteiger partial charge is 0.496 e. The highest BCUT2D eigenvalue weighted by Gasteiger charge is 2.19.